The Bertz CT molecular complexity index is 1140. The number of carbonyl (C=O) groups is 1. The van der Waals surface area contributed by atoms with Crippen molar-refractivity contribution in [3.8, 4) is 34.1 Å². The van der Waals surface area contributed by atoms with Crippen molar-refractivity contribution in [2.45, 2.75) is 38.3 Å². The van der Waals surface area contributed by atoms with Gasteiger partial charge >= 0.3 is 0 Å². The molecule has 0 unspecified atom stereocenters. The minimum atomic E-state index is -1.60. The maximum Gasteiger partial charge on any atom is 0.251 e. The maximum absolute atomic E-state index is 12.8. The lowest BCUT2D eigenvalue weighted by atomic mass is 9.95. The van der Waals surface area contributed by atoms with Crippen molar-refractivity contribution >= 4 is 17.5 Å². The van der Waals surface area contributed by atoms with Crippen LogP contribution in [0.25, 0.3) is 11.1 Å². The number of rotatable bonds is 6. The van der Waals surface area contributed by atoms with E-state index in [1.54, 1.807) is 12.1 Å². The van der Waals surface area contributed by atoms with E-state index >= 15 is 0 Å². The number of nitrogens with one attached hydrogen (secondary N) is 1. The van der Waals surface area contributed by atoms with Crippen LogP contribution in [-0.2, 0) is 11.2 Å². The number of methoxy groups -OCH3 is 4. The third-order valence-corrected chi connectivity index (χ3v) is 6.07. The van der Waals surface area contributed by atoms with Crippen molar-refractivity contribution in [3.63, 3.8) is 0 Å². The van der Waals surface area contributed by atoms with E-state index in [0.717, 1.165) is 5.56 Å². The fourth-order valence-corrected chi connectivity index (χ4v) is 4.38. The maximum atomic E-state index is 12.8. The molecule has 2 N–H and O–H groups in total. The van der Waals surface area contributed by atoms with E-state index in [9.17, 15) is 14.7 Å². The average molecular weight is 478 g/mol. The van der Waals surface area contributed by atoms with Gasteiger partial charge in [0.05, 0.1) is 39.5 Å². The molecular formula is C24H28ClNO7. The Morgan fingerprint density at radius 3 is 2.24 bits per heavy atom. The molecule has 9 heteroatoms. The molecule has 0 saturated heterocycles. The zero-order valence-electron chi connectivity index (χ0n) is 19.5. The molecule has 0 heterocycles. The molecule has 1 aliphatic rings. The minimum Gasteiger partial charge on any atom is -0.493 e. The van der Waals surface area contributed by atoms with Crippen LogP contribution in [0, 0.1) is 0 Å². The van der Waals surface area contributed by atoms with Gasteiger partial charge in [0.15, 0.2) is 17.2 Å². The molecule has 2 aromatic rings. The summed E-state index contributed by atoms with van der Waals surface area (Å²) in [6, 6.07) is 4.14. The van der Waals surface area contributed by atoms with Crippen LogP contribution in [0.15, 0.2) is 23.0 Å². The Hall–Kier alpha value is -2.97. The van der Waals surface area contributed by atoms with Crippen molar-refractivity contribution in [1.82, 2.24) is 5.32 Å². The highest BCUT2D eigenvalue weighted by molar-refractivity contribution is 6.34. The number of benzene rings is 1. The number of hydrogen-bond acceptors (Lipinski definition) is 7. The third kappa shape index (κ3) is 4.45. The number of amides is 1. The van der Waals surface area contributed by atoms with E-state index in [1.807, 2.05) is 0 Å². The minimum absolute atomic E-state index is 0.141. The monoisotopic (exact) mass is 477 g/mol. The summed E-state index contributed by atoms with van der Waals surface area (Å²) < 4.78 is 22.0. The van der Waals surface area contributed by atoms with Crippen molar-refractivity contribution in [2.75, 3.05) is 28.4 Å². The number of halogens is 1. The normalized spacial score (nSPS) is 15.0. The largest absolute Gasteiger partial charge is 0.493 e. The second-order valence-electron chi connectivity index (χ2n) is 8.17. The quantitative estimate of drug-likeness (QED) is 0.658. The van der Waals surface area contributed by atoms with Gasteiger partial charge in [-0.25, -0.2) is 0 Å². The molecule has 3 rings (SSSR count). The van der Waals surface area contributed by atoms with Gasteiger partial charge in [-0.15, -0.1) is 0 Å². The van der Waals surface area contributed by atoms with Gasteiger partial charge in [-0.05, 0) is 55.5 Å². The van der Waals surface area contributed by atoms with Crippen LogP contribution in [0.3, 0.4) is 0 Å². The van der Waals surface area contributed by atoms with Crippen LogP contribution in [0.4, 0.5) is 0 Å². The van der Waals surface area contributed by atoms with E-state index < -0.39 is 17.6 Å². The van der Waals surface area contributed by atoms with Gasteiger partial charge in [-0.3, -0.25) is 9.59 Å². The molecular weight excluding hydrogens is 450 g/mol. The Balaban J connectivity index is 2.41. The summed E-state index contributed by atoms with van der Waals surface area (Å²) in [6.07, 6.45) is 0.845. The molecule has 0 aliphatic heterocycles. The van der Waals surface area contributed by atoms with Gasteiger partial charge in [-0.1, -0.05) is 17.7 Å². The topological polar surface area (TPSA) is 103 Å². The molecule has 0 aromatic heterocycles. The zero-order valence-corrected chi connectivity index (χ0v) is 20.3. The van der Waals surface area contributed by atoms with Gasteiger partial charge in [0.25, 0.3) is 5.91 Å². The first kappa shape index (κ1) is 24.7. The summed E-state index contributed by atoms with van der Waals surface area (Å²) in [5.41, 5.74) is 0.564. The van der Waals surface area contributed by atoms with Crippen LogP contribution in [0.5, 0.6) is 23.0 Å². The lowest BCUT2D eigenvalue weighted by Gasteiger charge is -2.23. The van der Waals surface area contributed by atoms with E-state index in [1.165, 1.54) is 48.4 Å². The number of fused-ring (bicyclic) bond motifs is 3. The van der Waals surface area contributed by atoms with Crippen LogP contribution >= 0.6 is 11.6 Å². The van der Waals surface area contributed by atoms with Crippen molar-refractivity contribution in [3.05, 3.63) is 44.6 Å². The fraction of sp³-hybridized carbons (Fsp3) is 0.417. The lowest BCUT2D eigenvalue weighted by molar-refractivity contribution is -0.137. The Kier molecular flexibility index (Phi) is 7.09. The van der Waals surface area contributed by atoms with E-state index in [4.69, 9.17) is 30.5 Å². The van der Waals surface area contributed by atoms with Gasteiger partial charge in [0.1, 0.15) is 5.60 Å². The van der Waals surface area contributed by atoms with Crippen LogP contribution < -0.4 is 29.7 Å². The molecule has 1 amide bonds. The number of hydrogen-bond donors (Lipinski definition) is 2. The van der Waals surface area contributed by atoms with Crippen LogP contribution in [0.1, 0.15) is 37.4 Å². The van der Waals surface area contributed by atoms with Gasteiger partial charge in [-0.2, -0.15) is 0 Å². The first-order valence-corrected chi connectivity index (χ1v) is 10.7. The zero-order chi connectivity index (χ0) is 24.5. The molecule has 2 aromatic carbocycles. The van der Waals surface area contributed by atoms with Crippen molar-refractivity contribution in [1.29, 1.82) is 0 Å². The molecule has 33 heavy (non-hydrogen) atoms. The van der Waals surface area contributed by atoms with E-state index in [0.29, 0.717) is 51.8 Å². The molecule has 0 bridgehead atoms. The molecule has 1 aliphatic carbocycles. The highest BCUT2D eigenvalue weighted by atomic mass is 35.5. The second-order valence-corrected chi connectivity index (χ2v) is 8.55. The summed E-state index contributed by atoms with van der Waals surface area (Å²) >= 11 is 6.75. The first-order valence-electron chi connectivity index (χ1n) is 10.3. The second kappa shape index (κ2) is 9.49. The molecule has 178 valence electrons. The summed E-state index contributed by atoms with van der Waals surface area (Å²) in [5, 5.41) is 13.4. The molecule has 0 saturated carbocycles. The fourth-order valence-electron chi connectivity index (χ4n) is 4.02. The summed E-state index contributed by atoms with van der Waals surface area (Å²) in [4.78, 5) is 25.5. The Morgan fingerprint density at radius 2 is 1.70 bits per heavy atom. The Morgan fingerprint density at radius 1 is 1.06 bits per heavy atom. The van der Waals surface area contributed by atoms with Crippen LogP contribution in [0.2, 0.25) is 5.02 Å². The molecule has 0 spiro atoms. The van der Waals surface area contributed by atoms with Gasteiger partial charge in [0, 0.05) is 5.56 Å². The van der Waals surface area contributed by atoms with Gasteiger partial charge < -0.3 is 29.4 Å². The highest BCUT2D eigenvalue weighted by Gasteiger charge is 2.34. The van der Waals surface area contributed by atoms with Gasteiger partial charge in [0.2, 0.25) is 11.2 Å². The first-order chi connectivity index (χ1) is 15.6. The van der Waals surface area contributed by atoms with Crippen molar-refractivity contribution < 1.29 is 28.8 Å². The number of carbonyl (C=O) groups excluding carboxylic acids is 1. The summed E-state index contributed by atoms with van der Waals surface area (Å²) in [7, 11) is 5.89. The molecule has 1 atom stereocenters. The highest BCUT2D eigenvalue weighted by Crippen LogP contribution is 2.54. The lowest BCUT2D eigenvalue weighted by Crippen LogP contribution is -2.43. The molecule has 0 fully saturated rings. The standard InChI is InChI=1S/C24H28ClNO7/c1-24(2,29)23(28)26-15-9-7-13-18(12-8-10-17(30-3)16(27)11-14(12)15)20(31-4)22(33-6)21(32-5)19(13)25/h8,10-11,15,29H,7,9H2,1-6H3,(H,26,28)/t15-/m0/s1. The molecule has 0 radical (unpaired) electrons. The van der Waals surface area contributed by atoms with Crippen LogP contribution in [-0.4, -0.2) is 45.1 Å². The molecule has 8 nitrogen and oxygen atoms in total. The van der Waals surface area contributed by atoms with E-state index in [2.05, 4.69) is 5.32 Å². The number of ether oxygens (including phenoxy) is 4. The summed E-state index contributed by atoms with van der Waals surface area (Å²) in [6.45, 7) is 2.80. The van der Waals surface area contributed by atoms with Crippen molar-refractivity contribution in [2.24, 2.45) is 0 Å². The van der Waals surface area contributed by atoms with E-state index in [-0.39, 0.29) is 11.2 Å². The predicted octanol–water partition coefficient (Wildman–Crippen LogP) is 3.28. The average Bonchev–Trinajstić information content (AvgIpc) is 3.02. The summed E-state index contributed by atoms with van der Waals surface area (Å²) in [5.74, 6) is 0.612. The number of aliphatic hydroxyl groups is 1. The smallest absolute Gasteiger partial charge is 0.251 e. The third-order valence-electron chi connectivity index (χ3n) is 5.67. The Labute approximate surface area is 197 Å². The SMILES string of the molecule is COc1c(Cl)c2c(c(OC)c1OC)-c1ccc(OC)c(=O)cc1[C@@H](NC(=O)C(C)(C)O)CC2. The predicted molar refractivity (Wildman–Crippen MR) is 125 cm³/mol.